The highest BCUT2D eigenvalue weighted by molar-refractivity contribution is 9.10. The number of hydrogen-bond donors (Lipinski definition) is 2. The molecule has 0 spiro atoms. The molecule has 0 aliphatic heterocycles. The first kappa shape index (κ1) is 11.7. The number of halogens is 1. The molecular weight excluding hydrogens is 264 g/mol. The van der Waals surface area contributed by atoms with Crippen LogP contribution in [-0.4, -0.2) is 4.98 Å². The molecule has 1 aromatic heterocycles. The van der Waals surface area contributed by atoms with Crippen molar-refractivity contribution in [2.24, 2.45) is 5.73 Å². The van der Waals surface area contributed by atoms with Gasteiger partial charge >= 0.3 is 0 Å². The number of aryl methyl sites for hydroxylation is 2. The number of fused-ring (bicyclic) bond motifs is 1. The van der Waals surface area contributed by atoms with E-state index in [4.69, 9.17) is 5.73 Å². The predicted octanol–water partition coefficient (Wildman–Crippen LogP) is 3.74. The van der Waals surface area contributed by atoms with Crippen LogP contribution in [0.1, 0.15) is 30.7 Å². The normalized spacial score (nSPS) is 12.4. The minimum Gasteiger partial charge on any atom is -0.356 e. The number of aromatic amines is 1. The van der Waals surface area contributed by atoms with Gasteiger partial charge in [0.2, 0.25) is 0 Å². The molecule has 0 aliphatic carbocycles. The molecule has 0 unspecified atom stereocenters. The van der Waals surface area contributed by atoms with E-state index in [1.54, 1.807) is 0 Å². The lowest BCUT2D eigenvalue weighted by molar-refractivity contribution is 0.537. The van der Waals surface area contributed by atoms with Crippen LogP contribution in [-0.2, 0) is 5.54 Å². The Bertz CT molecular complexity index is 547. The average Bonchev–Trinajstić information content (AvgIpc) is 2.41. The van der Waals surface area contributed by atoms with Crippen LogP contribution in [0.2, 0.25) is 0 Å². The summed E-state index contributed by atoms with van der Waals surface area (Å²) in [6.45, 7) is 8.24. The quantitative estimate of drug-likeness (QED) is 0.821. The van der Waals surface area contributed by atoms with E-state index in [0.29, 0.717) is 0 Å². The molecule has 16 heavy (non-hydrogen) atoms. The number of aromatic nitrogens is 1. The Labute approximate surface area is 104 Å². The third-order valence-electron chi connectivity index (χ3n) is 2.82. The van der Waals surface area contributed by atoms with Crippen LogP contribution in [0.3, 0.4) is 0 Å². The maximum Gasteiger partial charge on any atom is 0.0516 e. The van der Waals surface area contributed by atoms with Gasteiger partial charge in [0, 0.05) is 21.1 Å². The lowest BCUT2D eigenvalue weighted by Gasteiger charge is -2.17. The van der Waals surface area contributed by atoms with Crippen LogP contribution < -0.4 is 5.73 Å². The SMILES string of the molecule is Cc1cc(C)c2c(Br)c(C(C)(C)N)[nH]c2c1. The first-order valence-corrected chi connectivity index (χ1v) is 6.18. The Balaban J connectivity index is 2.83. The molecular formula is C13H17BrN2. The van der Waals surface area contributed by atoms with Gasteiger partial charge in [-0.05, 0) is 60.8 Å². The highest BCUT2D eigenvalue weighted by atomic mass is 79.9. The zero-order valence-corrected chi connectivity index (χ0v) is 11.7. The smallest absolute Gasteiger partial charge is 0.0516 e. The number of rotatable bonds is 1. The van der Waals surface area contributed by atoms with Crippen molar-refractivity contribution in [3.8, 4) is 0 Å². The molecule has 2 rings (SSSR count). The topological polar surface area (TPSA) is 41.8 Å². The molecule has 0 amide bonds. The predicted molar refractivity (Wildman–Crippen MR) is 72.7 cm³/mol. The van der Waals surface area contributed by atoms with Crippen LogP contribution >= 0.6 is 15.9 Å². The molecule has 0 atom stereocenters. The van der Waals surface area contributed by atoms with Crippen molar-refractivity contribution < 1.29 is 0 Å². The third kappa shape index (κ3) is 1.78. The number of H-pyrrole nitrogens is 1. The fourth-order valence-corrected chi connectivity index (χ4v) is 3.25. The molecule has 86 valence electrons. The summed E-state index contributed by atoms with van der Waals surface area (Å²) in [6.07, 6.45) is 0. The van der Waals surface area contributed by atoms with Crippen molar-refractivity contribution in [2.45, 2.75) is 33.2 Å². The molecule has 0 bridgehead atoms. The Morgan fingerprint density at radius 2 is 1.88 bits per heavy atom. The van der Waals surface area contributed by atoms with Gasteiger partial charge in [-0.1, -0.05) is 6.07 Å². The molecule has 0 saturated carbocycles. The summed E-state index contributed by atoms with van der Waals surface area (Å²) in [5.74, 6) is 0. The Morgan fingerprint density at radius 3 is 2.44 bits per heavy atom. The van der Waals surface area contributed by atoms with Crippen LogP contribution in [0.4, 0.5) is 0 Å². The summed E-state index contributed by atoms with van der Waals surface area (Å²) >= 11 is 3.65. The van der Waals surface area contributed by atoms with Crippen LogP contribution in [0.5, 0.6) is 0 Å². The number of benzene rings is 1. The molecule has 2 nitrogen and oxygen atoms in total. The maximum absolute atomic E-state index is 6.15. The van der Waals surface area contributed by atoms with E-state index >= 15 is 0 Å². The molecule has 0 saturated heterocycles. The molecule has 0 radical (unpaired) electrons. The highest BCUT2D eigenvalue weighted by Gasteiger charge is 2.22. The second kappa shape index (κ2) is 3.60. The number of hydrogen-bond acceptors (Lipinski definition) is 1. The lowest BCUT2D eigenvalue weighted by atomic mass is 10.0. The fraction of sp³-hybridized carbons (Fsp3) is 0.385. The summed E-state index contributed by atoms with van der Waals surface area (Å²) in [7, 11) is 0. The molecule has 0 fully saturated rings. The van der Waals surface area contributed by atoms with Gasteiger partial charge in [0.25, 0.3) is 0 Å². The summed E-state index contributed by atoms with van der Waals surface area (Å²) in [4.78, 5) is 3.41. The Kier molecular flexibility index (Phi) is 2.63. The van der Waals surface area contributed by atoms with Crippen LogP contribution in [0.15, 0.2) is 16.6 Å². The molecule has 3 N–H and O–H groups in total. The minimum atomic E-state index is -0.363. The third-order valence-corrected chi connectivity index (χ3v) is 3.62. The molecule has 0 aliphatic rings. The number of nitrogens with one attached hydrogen (secondary N) is 1. The lowest BCUT2D eigenvalue weighted by Crippen LogP contribution is -2.29. The molecule has 3 heteroatoms. The van der Waals surface area contributed by atoms with Gasteiger partial charge in [-0.2, -0.15) is 0 Å². The molecule has 1 aromatic carbocycles. The summed E-state index contributed by atoms with van der Waals surface area (Å²) in [5.41, 5.74) is 10.5. The fourth-order valence-electron chi connectivity index (χ4n) is 2.12. The van der Waals surface area contributed by atoms with E-state index in [0.717, 1.165) is 15.7 Å². The van der Waals surface area contributed by atoms with E-state index in [2.05, 4.69) is 46.9 Å². The van der Waals surface area contributed by atoms with Gasteiger partial charge in [0.15, 0.2) is 0 Å². The van der Waals surface area contributed by atoms with E-state index < -0.39 is 0 Å². The van der Waals surface area contributed by atoms with E-state index in [1.165, 1.54) is 16.5 Å². The monoisotopic (exact) mass is 280 g/mol. The summed E-state index contributed by atoms with van der Waals surface area (Å²) < 4.78 is 1.09. The van der Waals surface area contributed by atoms with Crippen molar-refractivity contribution in [3.63, 3.8) is 0 Å². The van der Waals surface area contributed by atoms with Gasteiger partial charge in [0.1, 0.15) is 0 Å². The van der Waals surface area contributed by atoms with Crippen molar-refractivity contribution in [1.29, 1.82) is 0 Å². The maximum atomic E-state index is 6.15. The average molecular weight is 281 g/mol. The first-order chi connectivity index (χ1) is 7.30. The minimum absolute atomic E-state index is 0.363. The van der Waals surface area contributed by atoms with Crippen molar-refractivity contribution >= 4 is 26.8 Å². The van der Waals surface area contributed by atoms with E-state index in [1.807, 2.05) is 13.8 Å². The zero-order valence-electron chi connectivity index (χ0n) is 10.1. The van der Waals surface area contributed by atoms with Crippen LogP contribution in [0.25, 0.3) is 10.9 Å². The standard InChI is InChI=1S/C13H17BrN2/c1-7-5-8(2)10-9(6-7)16-12(11(10)14)13(3,4)15/h5-6,16H,15H2,1-4H3. The molecule has 1 heterocycles. The Hall–Kier alpha value is -0.800. The van der Waals surface area contributed by atoms with Crippen molar-refractivity contribution in [2.75, 3.05) is 0 Å². The summed E-state index contributed by atoms with van der Waals surface area (Å²) in [6, 6.07) is 4.34. The van der Waals surface area contributed by atoms with Gasteiger partial charge in [0.05, 0.1) is 5.54 Å². The van der Waals surface area contributed by atoms with Gasteiger partial charge in [-0.3, -0.25) is 0 Å². The van der Waals surface area contributed by atoms with Gasteiger partial charge < -0.3 is 10.7 Å². The van der Waals surface area contributed by atoms with Crippen LogP contribution in [0, 0.1) is 13.8 Å². The van der Waals surface area contributed by atoms with Crippen molar-refractivity contribution in [1.82, 2.24) is 4.98 Å². The first-order valence-electron chi connectivity index (χ1n) is 5.38. The zero-order chi connectivity index (χ0) is 12.1. The number of nitrogens with two attached hydrogens (primary N) is 1. The van der Waals surface area contributed by atoms with Gasteiger partial charge in [-0.15, -0.1) is 0 Å². The van der Waals surface area contributed by atoms with Gasteiger partial charge in [-0.25, -0.2) is 0 Å². The second-order valence-electron chi connectivity index (χ2n) is 5.04. The largest absolute Gasteiger partial charge is 0.356 e. The van der Waals surface area contributed by atoms with E-state index in [-0.39, 0.29) is 5.54 Å². The highest BCUT2D eigenvalue weighted by Crippen LogP contribution is 2.35. The Morgan fingerprint density at radius 1 is 1.25 bits per heavy atom. The van der Waals surface area contributed by atoms with Crippen molar-refractivity contribution in [3.05, 3.63) is 33.4 Å². The second-order valence-corrected chi connectivity index (χ2v) is 5.83. The summed E-state index contributed by atoms with van der Waals surface area (Å²) in [5, 5.41) is 1.24. The molecule has 2 aromatic rings. The van der Waals surface area contributed by atoms with E-state index in [9.17, 15) is 0 Å².